The summed E-state index contributed by atoms with van der Waals surface area (Å²) in [6.45, 7) is 6.37. The number of carbonyl (C=O) groups is 3. The lowest BCUT2D eigenvalue weighted by atomic mass is 10.0. The summed E-state index contributed by atoms with van der Waals surface area (Å²) in [5, 5.41) is 0. The van der Waals surface area contributed by atoms with E-state index < -0.39 is 12.1 Å². The fourth-order valence-electron chi connectivity index (χ4n) is 7.20. The van der Waals surface area contributed by atoms with Gasteiger partial charge in [0, 0.05) is 12.8 Å². The van der Waals surface area contributed by atoms with Crippen molar-refractivity contribution in [3.05, 3.63) is 85.1 Å². The number of hydrogen-bond donors (Lipinski definition) is 0. The Morgan fingerprint density at radius 2 is 0.688 bits per heavy atom. The van der Waals surface area contributed by atoms with Crippen LogP contribution in [0.2, 0.25) is 0 Å². The second kappa shape index (κ2) is 52.2. The van der Waals surface area contributed by atoms with Crippen LogP contribution in [-0.4, -0.2) is 37.2 Å². The Morgan fingerprint density at radius 1 is 0.344 bits per heavy atom. The molecule has 0 rings (SSSR count). The zero-order valence-corrected chi connectivity index (χ0v) is 41.8. The minimum Gasteiger partial charge on any atom is -0.462 e. The van der Waals surface area contributed by atoms with Crippen LogP contribution in [0.1, 0.15) is 245 Å². The highest BCUT2D eigenvalue weighted by molar-refractivity contribution is 5.72. The molecule has 366 valence electrons. The topological polar surface area (TPSA) is 78.9 Å². The van der Waals surface area contributed by atoms with Gasteiger partial charge in [-0.2, -0.15) is 0 Å². The molecule has 0 heterocycles. The highest BCUT2D eigenvalue weighted by atomic mass is 16.6. The summed E-state index contributed by atoms with van der Waals surface area (Å²) in [6.07, 6.45) is 67.4. The molecule has 1 atom stereocenters. The molecular weight excluding hydrogens is 793 g/mol. The Morgan fingerprint density at radius 3 is 1.09 bits per heavy atom. The van der Waals surface area contributed by atoms with Crippen molar-refractivity contribution in [2.24, 2.45) is 0 Å². The number of unbranched alkanes of at least 4 members (excludes halogenated alkanes) is 23. The Kier molecular flexibility index (Phi) is 49.4. The molecule has 1 unspecified atom stereocenters. The van der Waals surface area contributed by atoms with Gasteiger partial charge in [0.2, 0.25) is 0 Å². The van der Waals surface area contributed by atoms with Crippen LogP contribution in [0, 0.1) is 0 Å². The minimum atomic E-state index is -0.835. The van der Waals surface area contributed by atoms with Crippen LogP contribution in [0.5, 0.6) is 0 Å². The highest BCUT2D eigenvalue weighted by Crippen LogP contribution is 2.15. The van der Waals surface area contributed by atoms with Gasteiger partial charge < -0.3 is 14.2 Å². The van der Waals surface area contributed by atoms with E-state index in [2.05, 4.69) is 93.7 Å². The zero-order chi connectivity index (χ0) is 46.5. The third-order valence-electron chi connectivity index (χ3n) is 11.1. The summed E-state index contributed by atoms with van der Waals surface area (Å²) < 4.78 is 16.7. The van der Waals surface area contributed by atoms with Crippen molar-refractivity contribution in [1.29, 1.82) is 0 Å². The van der Waals surface area contributed by atoms with Crippen molar-refractivity contribution in [3.63, 3.8) is 0 Å². The van der Waals surface area contributed by atoms with Gasteiger partial charge in [0.15, 0.2) is 6.10 Å². The predicted octanol–water partition coefficient (Wildman–Crippen LogP) is 17.6. The molecule has 6 heteroatoms. The molecule has 0 amide bonds. The first-order valence-electron chi connectivity index (χ1n) is 26.6. The van der Waals surface area contributed by atoms with E-state index in [9.17, 15) is 14.4 Å². The maximum Gasteiger partial charge on any atom is 0.310 e. The van der Waals surface area contributed by atoms with Gasteiger partial charge >= 0.3 is 17.9 Å². The second-order valence-electron chi connectivity index (χ2n) is 17.4. The van der Waals surface area contributed by atoms with Crippen molar-refractivity contribution < 1.29 is 28.6 Å². The van der Waals surface area contributed by atoms with Gasteiger partial charge in [-0.1, -0.05) is 241 Å². The molecule has 0 aliphatic heterocycles. The van der Waals surface area contributed by atoms with E-state index in [1.807, 2.05) is 6.08 Å². The number of esters is 3. The van der Waals surface area contributed by atoms with Gasteiger partial charge in [-0.15, -0.1) is 0 Å². The molecule has 0 aromatic rings. The molecule has 0 aliphatic carbocycles. The molecule has 6 nitrogen and oxygen atoms in total. The molecule has 0 saturated carbocycles. The SMILES string of the molecule is CC/C=C\C/C=C\C/C=C\C/C=C\C/C=C\CC(=O)OC(COC(=O)CCCCCCC/C=C\C/C=C\CCC)COC(=O)CCCCCCCCCCCCCCCCCCCC. The minimum absolute atomic E-state index is 0.0943. The smallest absolute Gasteiger partial charge is 0.310 e. The Balaban J connectivity index is 4.47. The molecule has 0 saturated heterocycles. The number of hydrogen-bond acceptors (Lipinski definition) is 6. The largest absolute Gasteiger partial charge is 0.462 e. The zero-order valence-electron chi connectivity index (χ0n) is 41.8. The van der Waals surface area contributed by atoms with E-state index >= 15 is 0 Å². The normalized spacial score (nSPS) is 12.7. The van der Waals surface area contributed by atoms with E-state index in [-0.39, 0.29) is 31.6 Å². The fraction of sp³-hybridized carbons (Fsp3) is 0.707. The van der Waals surface area contributed by atoms with Gasteiger partial charge in [-0.25, -0.2) is 0 Å². The molecule has 0 radical (unpaired) electrons. The lowest BCUT2D eigenvalue weighted by Crippen LogP contribution is -2.30. The lowest BCUT2D eigenvalue weighted by Gasteiger charge is -2.18. The van der Waals surface area contributed by atoms with Gasteiger partial charge in [0.25, 0.3) is 0 Å². The van der Waals surface area contributed by atoms with Crippen LogP contribution in [0.15, 0.2) is 85.1 Å². The number of carbonyl (C=O) groups excluding carboxylic acids is 3. The second-order valence-corrected chi connectivity index (χ2v) is 17.4. The molecule has 0 aromatic heterocycles. The number of rotatable bonds is 47. The van der Waals surface area contributed by atoms with Crippen LogP contribution in [0.25, 0.3) is 0 Å². The summed E-state index contributed by atoms with van der Waals surface area (Å²) in [4.78, 5) is 37.9. The van der Waals surface area contributed by atoms with E-state index in [4.69, 9.17) is 14.2 Å². The summed E-state index contributed by atoms with van der Waals surface area (Å²) in [5.41, 5.74) is 0. The molecule has 0 spiro atoms. The van der Waals surface area contributed by atoms with Crippen LogP contribution in [-0.2, 0) is 28.6 Å². The molecule has 0 bridgehead atoms. The molecule has 0 aliphatic rings. The predicted molar refractivity (Wildman–Crippen MR) is 274 cm³/mol. The van der Waals surface area contributed by atoms with Crippen molar-refractivity contribution in [1.82, 2.24) is 0 Å². The summed E-state index contributed by atoms with van der Waals surface area (Å²) in [7, 11) is 0. The Labute approximate surface area is 395 Å². The average molecular weight is 891 g/mol. The van der Waals surface area contributed by atoms with Crippen LogP contribution in [0.4, 0.5) is 0 Å². The third-order valence-corrected chi connectivity index (χ3v) is 11.1. The molecule has 0 N–H and O–H groups in total. The summed E-state index contributed by atoms with van der Waals surface area (Å²) in [5.74, 6) is -1.06. The van der Waals surface area contributed by atoms with E-state index in [1.54, 1.807) is 6.08 Å². The number of ether oxygens (including phenoxy) is 3. The first-order valence-corrected chi connectivity index (χ1v) is 26.6. The lowest BCUT2D eigenvalue weighted by molar-refractivity contribution is -0.166. The Bertz CT molecular complexity index is 1250. The first-order chi connectivity index (χ1) is 31.5. The fourth-order valence-corrected chi connectivity index (χ4v) is 7.20. The molecule has 64 heavy (non-hydrogen) atoms. The van der Waals surface area contributed by atoms with E-state index in [0.29, 0.717) is 12.8 Å². The first kappa shape index (κ1) is 60.6. The summed E-state index contributed by atoms with van der Waals surface area (Å²) >= 11 is 0. The van der Waals surface area contributed by atoms with Gasteiger partial charge in [-0.3, -0.25) is 14.4 Å². The van der Waals surface area contributed by atoms with Crippen LogP contribution < -0.4 is 0 Å². The van der Waals surface area contributed by atoms with Gasteiger partial charge in [-0.05, 0) is 70.6 Å². The summed E-state index contributed by atoms with van der Waals surface area (Å²) in [6, 6.07) is 0. The monoisotopic (exact) mass is 891 g/mol. The average Bonchev–Trinajstić information content (AvgIpc) is 3.29. The molecular formula is C58H98O6. The molecule has 0 aromatic carbocycles. The Hall–Kier alpha value is -3.41. The van der Waals surface area contributed by atoms with E-state index in [0.717, 1.165) is 103 Å². The number of allylic oxidation sites excluding steroid dienone is 13. The third kappa shape index (κ3) is 49.6. The van der Waals surface area contributed by atoms with Crippen molar-refractivity contribution >= 4 is 17.9 Å². The van der Waals surface area contributed by atoms with E-state index in [1.165, 1.54) is 103 Å². The van der Waals surface area contributed by atoms with Gasteiger partial charge in [0.1, 0.15) is 13.2 Å². The van der Waals surface area contributed by atoms with Crippen LogP contribution >= 0.6 is 0 Å². The quantitative estimate of drug-likeness (QED) is 0.0262. The van der Waals surface area contributed by atoms with Gasteiger partial charge in [0.05, 0.1) is 6.42 Å². The van der Waals surface area contributed by atoms with Crippen LogP contribution in [0.3, 0.4) is 0 Å². The maximum absolute atomic E-state index is 12.7. The molecule has 0 fully saturated rings. The van der Waals surface area contributed by atoms with Crippen molar-refractivity contribution in [3.8, 4) is 0 Å². The van der Waals surface area contributed by atoms with Crippen molar-refractivity contribution in [2.45, 2.75) is 252 Å². The maximum atomic E-state index is 12.7. The van der Waals surface area contributed by atoms with Crippen molar-refractivity contribution in [2.75, 3.05) is 13.2 Å². The standard InChI is InChI=1S/C58H98O6/c1-4-7-10-13-16-19-22-25-27-28-29-31-33-36-39-42-45-48-51-57(60)63-54-55(53-62-56(59)50-47-44-41-38-35-32-24-21-18-15-12-9-6-3)64-58(61)52-49-46-43-40-37-34-30-26-23-20-17-14-11-8-5-2/h8,11-12,15,17,20-21,24,26,30,37,40,46,49,55H,4-7,9-10,13-14,16,18-19,22-23,25,27-29,31-36,38-39,41-45,47-48,50-54H2,1-3H3/b11-8-,15-12-,20-17-,24-21-,30-26-,40-37-,49-46-. The highest BCUT2D eigenvalue weighted by Gasteiger charge is 2.19.